The van der Waals surface area contributed by atoms with Crippen molar-refractivity contribution in [3.63, 3.8) is 0 Å². The number of nitrogens with zero attached hydrogens (tertiary/aromatic N) is 2. The number of aromatic nitrogens is 2. The van der Waals surface area contributed by atoms with Gasteiger partial charge in [-0.05, 0) is 0 Å². The minimum absolute atomic E-state index is 0. The van der Waals surface area contributed by atoms with Crippen molar-refractivity contribution in [1.82, 2.24) is 34.2 Å². The molecule has 0 bridgehead atoms. The van der Waals surface area contributed by atoms with E-state index in [2.05, 4.69) is 18.1 Å². The molecule has 1 aromatic heterocycles. The Bertz CT molecular complexity index is 987. The first-order valence-electron chi connectivity index (χ1n) is 7.66. The predicted octanol–water partition coefficient (Wildman–Crippen LogP) is -2.71. The summed E-state index contributed by atoms with van der Waals surface area (Å²) in [7, 11) is -18.0. The molecule has 0 spiro atoms. The maximum Gasteiger partial charge on any atom is 0.351 e. The number of aliphatic hydroxyl groups is 2. The Labute approximate surface area is 191 Å². The maximum atomic E-state index is 11.9. The van der Waals surface area contributed by atoms with Gasteiger partial charge in [0.05, 0.1) is 27.1 Å². The van der Waals surface area contributed by atoms with Crippen LogP contribution in [-0.2, 0) is 38.2 Å². The van der Waals surface area contributed by atoms with Gasteiger partial charge in [-0.3, -0.25) is 18.0 Å². The van der Waals surface area contributed by atoms with E-state index in [9.17, 15) is 48.3 Å². The van der Waals surface area contributed by atoms with Crippen molar-refractivity contribution >= 4 is 29.3 Å². The van der Waals surface area contributed by atoms with Crippen LogP contribution in [0.1, 0.15) is 18.2 Å². The lowest BCUT2D eigenvalue weighted by Gasteiger charge is -2.37. The van der Waals surface area contributed by atoms with Crippen LogP contribution in [0.25, 0.3) is 0 Å². The number of phosphoric ester groups is 1. The van der Waals surface area contributed by atoms with E-state index in [1.165, 1.54) is 0 Å². The normalized spacial score (nSPS) is 23.2. The lowest BCUT2D eigenvalue weighted by Crippen LogP contribution is -2.29. The molecule has 1 aliphatic rings. The van der Waals surface area contributed by atoms with Gasteiger partial charge >= 0.3 is 5.69 Å². The average Bonchev–Trinajstić information content (AvgIpc) is 2.90. The summed E-state index contributed by atoms with van der Waals surface area (Å²) in [6, 6.07) is 0. The van der Waals surface area contributed by atoms with Crippen LogP contribution in [0.5, 0.6) is 0 Å². The van der Waals surface area contributed by atoms with Gasteiger partial charge in [-0.2, -0.15) is 4.98 Å². The molecule has 2 unspecified atom stereocenters. The van der Waals surface area contributed by atoms with Crippen molar-refractivity contribution in [2.24, 2.45) is 0 Å². The fraction of sp³-hybridized carbons (Fsp3) is 0.600. The molecule has 0 amide bonds. The van der Waals surface area contributed by atoms with Gasteiger partial charge in [0.1, 0.15) is 18.1 Å². The Morgan fingerprint density at radius 1 is 1.12 bits per heavy atom. The zero-order chi connectivity index (χ0) is 22.9. The number of aliphatic hydroxyl groups excluding tert-OH is 2. The van der Waals surface area contributed by atoms with E-state index in [1.807, 2.05) is 0 Å². The van der Waals surface area contributed by atoms with Gasteiger partial charge in [-0.1, -0.05) is 0 Å². The van der Waals surface area contributed by atoms with E-state index in [0.29, 0.717) is 0 Å². The molecule has 0 radical (unpaired) electrons. The lowest BCUT2D eigenvalue weighted by atomic mass is 10.2. The molecule has 20 N–H and O–H groups in total. The van der Waals surface area contributed by atoms with Crippen LogP contribution in [0.4, 0.5) is 5.82 Å². The molecular weight excluding hydrogens is 535 g/mol. The number of phosphoric acid groups is 3. The molecule has 24 heteroatoms. The molecule has 34 heavy (non-hydrogen) atoms. The van der Waals surface area contributed by atoms with Crippen LogP contribution in [0.3, 0.4) is 0 Å². The Morgan fingerprint density at radius 3 is 2.18 bits per heavy atom. The average molecular weight is 565 g/mol. The van der Waals surface area contributed by atoms with Crippen molar-refractivity contribution in [3.8, 4) is 0 Å². The van der Waals surface area contributed by atoms with E-state index in [-0.39, 0.29) is 42.4 Å². The third-order valence-electron chi connectivity index (χ3n) is 3.54. The highest BCUT2D eigenvalue weighted by Crippen LogP contribution is 2.60. The molecule has 1 fully saturated rings. The molecule has 204 valence electrons. The largest absolute Gasteiger partial charge is 0.790 e. The Kier molecular flexibility index (Phi) is 15.1. The lowest BCUT2D eigenvalue weighted by molar-refractivity contribution is -0.339. The van der Waals surface area contributed by atoms with E-state index in [0.717, 1.165) is 10.8 Å². The Hall–Kier alpha value is -1.19. The first kappa shape index (κ1) is 37.4. The van der Waals surface area contributed by atoms with Crippen molar-refractivity contribution in [1.29, 1.82) is 0 Å². The van der Waals surface area contributed by atoms with Gasteiger partial charge < -0.3 is 73.9 Å². The highest BCUT2D eigenvalue weighted by atomic mass is 31.3. The molecule has 1 aromatic rings. The quantitative estimate of drug-likeness (QED) is 0.149. The Balaban J connectivity index is -0.00000240. The van der Waals surface area contributed by atoms with Crippen molar-refractivity contribution in [3.05, 3.63) is 22.2 Å². The van der Waals surface area contributed by atoms with Crippen LogP contribution in [-0.4, -0.2) is 38.6 Å². The standard InChI is InChI=1S/C10H18N3O14P3.4H3N/c11-9-5(3-14)2-13(10(16)12-9)8-1-6(15)7(25-8)4-24-29(20,21)27-30(22,23)26-28(17,18)19;;;;/h2,6-8,14-15H,1,3-4H2,(H,20,21)(H,22,23)(H2,11,12,16)(H2,17,18,19);4*1H3/t6-,7+,8+;;;;/m0..../s1. The van der Waals surface area contributed by atoms with Gasteiger partial charge in [-0.25, -0.2) is 9.11 Å². The van der Waals surface area contributed by atoms with Crippen molar-refractivity contribution in [2.75, 3.05) is 12.3 Å². The number of nitrogens with two attached hydrogens (primary N) is 1. The first-order chi connectivity index (χ1) is 13.6. The predicted molar refractivity (Wildman–Crippen MR) is 108 cm³/mol. The molecule has 2 heterocycles. The molecule has 21 nitrogen and oxygen atoms in total. The van der Waals surface area contributed by atoms with Gasteiger partial charge in [0.2, 0.25) is 0 Å². The minimum Gasteiger partial charge on any atom is -0.790 e. The van der Waals surface area contributed by atoms with Crippen molar-refractivity contribution < 1.29 is 61.4 Å². The van der Waals surface area contributed by atoms with Crippen LogP contribution in [0.15, 0.2) is 11.0 Å². The Morgan fingerprint density at radius 2 is 1.68 bits per heavy atom. The van der Waals surface area contributed by atoms with Gasteiger partial charge in [0.15, 0.2) is 0 Å². The maximum absolute atomic E-state index is 11.9. The second kappa shape index (κ2) is 13.8. The summed E-state index contributed by atoms with van der Waals surface area (Å²) in [5.74, 6) is -0.230. The summed E-state index contributed by atoms with van der Waals surface area (Å²) >= 11 is 0. The molecular formula is C10H30N7O14P3. The summed E-state index contributed by atoms with van der Waals surface area (Å²) in [4.78, 5) is 58.5. The molecule has 1 aliphatic heterocycles. The topological polar surface area (TPSA) is 428 Å². The number of ether oxygens (including phenoxy) is 1. The molecule has 5 atom stereocenters. The molecule has 0 aromatic carbocycles. The third-order valence-corrected chi connectivity index (χ3v) is 7.21. The summed E-state index contributed by atoms with van der Waals surface area (Å²) < 4.78 is 49.6. The van der Waals surface area contributed by atoms with Gasteiger partial charge in [0, 0.05) is 18.2 Å². The van der Waals surface area contributed by atoms with Gasteiger partial charge in [0.25, 0.3) is 15.6 Å². The van der Waals surface area contributed by atoms with Crippen LogP contribution in [0, 0.1) is 0 Å². The second-order valence-electron chi connectivity index (χ2n) is 5.73. The van der Waals surface area contributed by atoms with Crippen LogP contribution >= 0.6 is 23.5 Å². The SMILES string of the molecule is Nc1nc(=O)n([C@H]2C[C@H](O)[C@@H](COP(=O)([O-])OP(=O)([O-])OP(=O)([O-])[O-])O2)cc1CO.[NH4+].[NH4+].[NH4+].[NH4+]. The van der Waals surface area contributed by atoms with Gasteiger partial charge in [-0.15, -0.1) is 0 Å². The second-order valence-corrected chi connectivity index (χ2v) is 9.98. The van der Waals surface area contributed by atoms with E-state index < -0.39 is 60.8 Å². The highest BCUT2D eigenvalue weighted by molar-refractivity contribution is 7.64. The number of hydrogen-bond donors (Lipinski definition) is 7. The molecule has 0 aliphatic carbocycles. The van der Waals surface area contributed by atoms with Crippen LogP contribution < -0.4 is 55.6 Å². The number of anilines is 1. The summed E-state index contributed by atoms with van der Waals surface area (Å²) in [6.07, 6.45) is -3.14. The highest BCUT2D eigenvalue weighted by Gasteiger charge is 2.37. The summed E-state index contributed by atoms with van der Waals surface area (Å²) in [5, 5.41) is 19.1. The van der Waals surface area contributed by atoms with E-state index in [4.69, 9.17) is 10.5 Å². The fourth-order valence-corrected chi connectivity index (χ4v) is 5.20. The molecule has 1 saturated heterocycles. The summed E-state index contributed by atoms with van der Waals surface area (Å²) in [6.45, 7) is -1.58. The van der Waals surface area contributed by atoms with E-state index in [1.54, 1.807) is 0 Å². The fourth-order valence-electron chi connectivity index (χ4n) is 2.33. The smallest absolute Gasteiger partial charge is 0.351 e. The van der Waals surface area contributed by atoms with Crippen molar-refractivity contribution in [2.45, 2.75) is 31.5 Å². The van der Waals surface area contributed by atoms with E-state index >= 15 is 0 Å². The zero-order valence-electron chi connectivity index (χ0n) is 18.5. The minimum atomic E-state index is -6.13. The number of quaternary nitrogens is 4. The number of hydrogen-bond acceptors (Lipinski definition) is 16. The molecule has 0 saturated carbocycles. The summed E-state index contributed by atoms with van der Waals surface area (Å²) in [5.41, 5.74) is 4.63. The third kappa shape index (κ3) is 10.6. The molecule has 2 rings (SSSR count). The monoisotopic (exact) mass is 565 g/mol. The number of nitrogen functional groups attached to an aromatic ring is 1. The van der Waals surface area contributed by atoms with Crippen LogP contribution in [0.2, 0.25) is 0 Å². The number of rotatable bonds is 9. The first-order valence-corrected chi connectivity index (χ1v) is 12.0. The zero-order valence-corrected chi connectivity index (χ0v) is 21.2.